The highest BCUT2D eigenvalue weighted by atomic mass is 31.1. The number of benzene rings is 4. The third-order valence-corrected chi connectivity index (χ3v) is 7.32. The van der Waals surface area contributed by atoms with E-state index in [0.717, 1.165) is 38.9 Å². The summed E-state index contributed by atoms with van der Waals surface area (Å²) in [5.41, 5.74) is 8.50. The Hall–Kier alpha value is -3.88. The van der Waals surface area contributed by atoms with Gasteiger partial charge in [-0.05, 0) is 74.9 Å². The van der Waals surface area contributed by atoms with Gasteiger partial charge in [-0.3, -0.25) is 9.59 Å². The first-order valence-corrected chi connectivity index (χ1v) is 12.9. The Morgan fingerprint density at radius 2 is 1.16 bits per heavy atom. The van der Waals surface area contributed by atoms with Crippen molar-refractivity contribution in [1.29, 1.82) is 0 Å². The Morgan fingerprint density at radius 1 is 0.649 bits per heavy atom. The quantitative estimate of drug-likeness (QED) is 0.186. The maximum absolute atomic E-state index is 14.3. The van der Waals surface area contributed by atoms with Crippen LogP contribution in [-0.2, 0) is 4.57 Å². The Balaban J connectivity index is 1.97. The van der Waals surface area contributed by atoms with E-state index in [-0.39, 0.29) is 22.9 Å². The predicted octanol–water partition coefficient (Wildman–Crippen LogP) is 8.25. The highest BCUT2D eigenvalue weighted by molar-refractivity contribution is 7.17. The van der Waals surface area contributed by atoms with Crippen LogP contribution in [0.15, 0.2) is 66.7 Å². The summed E-state index contributed by atoms with van der Waals surface area (Å²) in [4.78, 5) is 28.1. The Bertz CT molecular complexity index is 1530. The molecule has 0 fully saturated rings. The minimum absolute atomic E-state index is 0.201. The van der Waals surface area contributed by atoms with Crippen molar-refractivity contribution < 1.29 is 18.7 Å². The number of aryl methyl sites for hydroxylation is 3. The summed E-state index contributed by atoms with van der Waals surface area (Å²) >= 11 is 0. The molecule has 0 spiro atoms. The van der Waals surface area contributed by atoms with Crippen molar-refractivity contribution in [3.8, 4) is 16.9 Å². The third kappa shape index (κ3) is 4.77. The average molecular weight is 509 g/mol. The maximum Gasteiger partial charge on any atom is 0.395 e. The molecular weight excluding hydrogens is 479 g/mol. The van der Waals surface area contributed by atoms with Crippen LogP contribution in [0.25, 0.3) is 11.1 Å². The van der Waals surface area contributed by atoms with Crippen molar-refractivity contribution in [2.75, 3.05) is 0 Å². The van der Waals surface area contributed by atoms with E-state index in [1.54, 1.807) is 24.3 Å². The minimum atomic E-state index is -0.567. The van der Waals surface area contributed by atoms with E-state index in [4.69, 9.17) is 4.52 Å². The van der Waals surface area contributed by atoms with Gasteiger partial charge in [-0.25, -0.2) is 4.57 Å². The molecule has 4 rings (SSSR count). The van der Waals surface area contributed by atoms with Crippen molar-refractivity contribution >= 4 is 20.3 Å². The van der Waals surface area contributed by atoms with Gasteiger partial charge in [-0.2, -0.15) is 0 Å². The number of hydrogen-bond acceptors (Lipinski definition) is 4. The summed E-state index contributed by atoms with van der Waals surface area (Å²) in [6, 6.07) is 20.4. The lowest BCUT2D eigenvalue weighted by Gasteiger charge is -2.21. The van der Waals surface area contributed by atoms with E-state index in [2.05, 4.69) is 0 Å². The van der Waals surface area contributed by atoms with Crippen molar-refractivity contribution in [1.82, 2.24) is 0 Å². The molecule has 4 aromatic carbocycles. The number of carbonyl (C=O) groups is 2. The first-order valence-electron chi connectivity index (χ1n) is 12.1. The number of ketones is 2. The first kappa shape index (κ1) is 26.2. The summed E-state index contributed by atoms with van der Waals surface area (Å²) < 4.78 is 17.4. The Kier molecular flexibility index (Phi) is 7.52. The van der Waals surface area contributed by atoms with Crippen molar-refractivity contribution in [2.45, 2.75) is 41.5 Å². The second-order valence-electron chi connectivity index (χ2n) is 9.46. The van der Waals surface area contributed by atoms with Gasteiger partial charge in [0.25, 0.3) is 0 Å². The fraction of sp³-hybridized carbons (Fsp3) is 0.188. The van der Waals surface area contributed by atoms with Gasteiger partial charge in [-0.1, -0.05) is 72.3 Å². The van der Waals surface area contributed by atoms with E-state index in [9.17, 15) is 14.2 Å². The summed E-state index contributed by atoms with van der Waals surface area (Å²) in [7, 11) is -0.567. The van der Waals surface area contributed by atoms with Crippen LogP contribution in [-0.4, -0.2) is 11.6 Å². The summed E-state index contributed by atoms with van der Waals surface area (Å²) in [6.07, 6.45) is 0. The number of hydrogen-bond donors (Lipinski definition) is 0. The second kappa shape index (κ2) is 10.6. The standard InChI is InChI=1S/C32H29O4P/c1-18-16-19(2)27(20(3)17-18)30(33)25-14-10-11-15-26(25)31(34)29-23(6)21(4)22(5)28(32(29)36-37-35)24-12-8-7-9-13-24/h7-17H,1-6H3. The molecular formula is C32H29O4P. The molecule has 5 heteroatoms. The molecule has 186 valence electrons. The molecule has 0 aliphatic heterocycles. The van der Waals surface area contributed by atoms with E-state index < -0.39 is 8.69 Å². The molecule has 0 bridgehead atoms. The van der Waals surface area contributed by atoms with Gasteiger partial charge in [0.15, 0.2) is 17.3 Å². The third-order valence-electron chi connectivity index (χ3n) is 7.07. The van der Waals surface area contributed by atoms with Gasteiger partial charge in [0.05, 0.1) is 5.56 Å². The SMILES string of the molecule is Cc1cc(C)c(C(=O)c2ccccc2C(=O)c2c(C)c(C)c(C)c(-c3ccccc3)c2OP=O)c(C)c1. The predicted molar refractivity (Wildman–Crippen MR) is 148 cm³/mol. The van der Waals surface area contributed by atoms with Gasteiger partial charge in [0.2, 0.25) is 0 Å². The lowest BCUT2D eigenvalue weighted by Crippen LogP contribution is -2.15. The molecule has 0 radical (unpaired) electrons. The molecule has 0 saturated carbocycles. The molecule has 4 aromatic rings. The lowest BCUT2D eigenvalue weighted by molar-refractivity contribution is 0.100. The zero-order valence-electron chi connectivity index (χ0n) is 21.9. The molecule has 0 N–H and O–H groups in total. The Labute approximate surface area is 219 Å². The topological polar surface area (TPSA) is 60.4 Å². The monoisotopic (exact) mass is 508 g/mol. The molecule has 0 saturated heterocycles. The molecule has 37 heavy (non-hydrogen) atoms. The fourth-order valence-corrected chi connectivity index (χ4v) is 5.42. The van der Waals surface area contributed by atoms with Crippen molar-refractivity contribution in [2.24, 2.45) is 0 Å². The summed E-state index contributed by atoms with van der Waals surface area (Å²) in [6.45, 7) is 11.6. The normalized spacial score (nSPS) is 11.0. The zero-order valence-corrected chi connectivity index (χ0v) is 22.8. The van der Waals surface area contributed by atoms with E-state index in [1.807, 2.05) is 84.0 Å². The molecule has 0 amide bonds. The van der Waals surface area contributed by atoms with E-state index in [0.29, 0.717) is 22.3 Å². The van der Waals surface area contributed by atoms with Crippen LogP contribution in [0, 0.1) is 41.5 Å². The van der Waals surface area contributed by atoms with Crippen LogP contribution < -0.4 is 4.52 Å². The molecule has 0 aromatic heterocycles. The summed E-state index contributed by atoms with van der Waals surface area (Å²) in [5.74, 6) is -0.297. The Morgan fingerprint density at radius 3 is 1.70 bits per heavy atom. The molecule has 0 heterocycles. The van der Waals surface area contributed by atoms with Crippen LogP contribution in [0.5, 0.6) is 5.75 Å². The molecule has 0 unspecified atom stereocenters. The highest BCUT2D eigenvalue weighted by Gasteiger charge is 2.29. The largest absolute Gasteiger partial charge is 0.406 e. The van der Waals surface area contributed by atoms with Gasteiger partial charge >= 0.3 is 8.69 Å². The zero-order chi connectivity index (χ0) is 26.9. The van der Waals surface area contributed by atoms with Crippen LogP contribution in [0.1, 0.15) is 65.2 Å². The molecule has 4 nitrogen and oxygen atoms in total. The van der Waals surface area contributed by atoms with Crippen LogP contribution in [0.3, 0.4) is 0 Å². The average Bonchev–Trinajstić information content (AvgIpc) is 2.87. The lowest BCUT2D eigenvalue weighted by atomic mass is 9.84. The first-order chi connectivity index (χ1) is 17.7. The number of carbonyl (C=O) groups excluding carboxylic acids is 2. The van der Waals surface area contributed by atoms with Crippen molar-refractivity contribution in [3.63, 3.8) is 0 Å². The van der Waals surface area contributed by atoms with Crippen LogP contribution >= 0.6 is 8.69 Å². The van der Waals surface area contributed by atoms with Crippen LogP contribution in [0.4, 0.5) is 0 Å². The number of rotatable bonds is 7. The summed E-state index contributed by atoms with van der Waals surface area (Å²) in [5, 5.41) is 0. The molecule has 0 aliphatic carbocycles. The minimum Gasteiger partial charge on any atom is -0.406 e. The highest BCUT2D eigenvalue weighted by Crippen LogP contribution is 2.43. The van der Waals surface area contributed by atoms with Gasteiger partial charge in [0.1, 0.15) is 0 Å². The van der Waals surface area contributed by atoms with E-state index >= 15 is 0 Å². The second-order valence-corrected chi connectivity index (χ2v) is 9.80. The van der Waals surface area contributed by atoms with Crippen LogP contribution in [0.2, 0.25) is 0 Å². The van der Waals surface area contributed by atoms with Gasteiger partial charge in [-0.15, -0.1) is 0 Å². The maximum atomic E-state index is 14.3. The van der Waals surface area contributed by atoms with E-state index in [1.165, 1.54) is 0 Å². The van der Waals surface area contributed by atoms with Crippen molar-refractivity contribution in [3.05, 3.63) is 122 Å². The fourth-order valence-electron chi connectivity index (χ4n) is 5.16. The van der Waals surface area contributed by atoms with Gasteiger partial charge in [0, 0.05) is 22.3 Å². The molecule has 0 aliphatic rings. The molecule has 0 atom stereocenters. The smallest absolute Gasteiger partial charge is 0.395 e. The van der Waals surface area contributed by atoms with Gasteiger partial charge < -0.3 is 4.52 Å².